The molecule has 1 fully saturated rings. The minimum absolute atomic E-state index is 0.00317. The Kier molecular flexibility index (Phi) is 5.58. The maximum Gasteiger partial charge on any atom is 0.227 e. The summed E-state index contributed by atoms with van der Waals surface area (Å²) in [5, 5.41) is 2.91. The average molecular weight is 346 g/mol. The van der Waals surface area contributed by atoms with Gasteiger partial charge in [0.25, 0.3) is 0 Å². The van der Waals surface area contributed by atoms with Gasteiger partial charge in [-0.1, -0.05) is 13.0 Å². The van der Waals surface area contributed by atoms with E-state index < -0.39 is 0 Å². The number of benzene rings is 1. The van der Waals surface area contributed by atoms with Crippen LogP contribution in [0.1, 0.15) is 38.2 Å². The van der Waals surface area contributed by atoms with E-state index in [1.54, 1.807) is 11.9 Å². The molecule has 2 aliphatic heterocycles. The van der Waals surface area contributed by atoms with E-state index in [9.17, 15) is 9.59 Å². The van der Waals surface area contributed by atoms with Gasteiger partial charge in [0.2, 0.25) is 11.8 Å². The third kappa shape index (κ3) is 4.31. The number of nitrogens with zero attached hydrogens (tertiary/aromatic N) is 1. The van der Waals surface area contributed by atoms with E-state index in [2.05, 4.69) is 5.32 Å². The Morgan fingerprint density at radius 2 is 2.28 bits per heavy atom. The molecule has 2 amide bonds. The summed E-state index contributed by atoms with van der Waals surface area (Å²) in [6.07, 6.45) is 3.37. The largest absolute Gasteiger partial charge is 0.493 e. The lowest BCUT2D eigenvalue weighted by atomic mass is 10.0. The predicted octanol–water partition coefficient (Wildman–Crippen LogP) is 2.25. The Morgan fingerprint density at radius 3 is 3.04 bits per heavy atom. The van der Waals surface area contributed by atoms with E-state index in [0.29, 0.717) is 25.9 Å². The molecule has 0 aliphatic carbocycles. The number of hydrogen-bond acceptors (Lipinski definition) is 4. The summed E-state index contributed by atoms with van der Waals surface area (Å²) in [7, 11) is 1.79. The highest BCUT2D eigenvalue weighted by Crippen LogP contribution is 2.34. The van der Waals surface area contributed by atoms with Crippen molar-refractivity contribution in [1.82, 2.24) is 5.32 Å². The molecule has 0 aromatic heterocycles. The molecule has 1 aromatic carbocycles. The number of fused-ring (bicyclic) bond motifs is 1. The summed E-state index contributed by atoms with van der Waals surface area (Å²) in [5.74, 6) is 1.04. The molecule has 0 saturated carbocycles. The number of ether oxygens (including phenoxy) is 2. The van der Waals surface area contributed by atoms with Gasteiger partial charge in [-0.2, -0.15) is 0 Å². The standard InChI is InChI=1S/C19H26N2O4/c1-13(11-17(22)20-18-7-4-10-24-18)12-25-16-6-3-5-15-14(16)8-9-19(23)21(15)2/h3,5-6,13,18H,4,7-12H2,1-2H3,(H,20,22). The summed E-state index contributed by atoms with van der Waals surface area (Å²) in [4.78, 5) is 25.6. The van der Waals surface area contributed by atoms with Crippen LogP contribution >= 0.6 is 0 Å². The zero-order valence-electron chi connectivity index (χ0n) is 14.9. The first-order chi connectivity index (χ1) is 12.0. The normalized spacial score (nSPS) is 21.0. The van der Waals surface area contributed by atoms with Gasteiger partial charge < -0.3 is 19.7 Å². The third-order valence-corrected chi connectivity index (χ3v) is 4.74. The summed E-state index contributed by atoms with van der Waals surface area (Å²) in [6.45, 7) is 3.19. The minimum Gasteiger partial charge on any atom is -0.493 e. The molecular formula is C19H26N2O4. The molecule has 6 nitrogen and oxygen atoms in total. The fourth-order valence-electron chi connectivity index (χ4n) is 3.33. The second kappa shape index (κ2) is 7.87. The highest BCUT2D eigenvalue weighted by atomic mass is 16.5. The zero-order valence-corrected chi connectivity index (χ0v) is 14.9. The monoisotopic (exact) mass is 346 g/mol. The first-order valence-corrected chi connectivity index (χ1v) is 8.97. The number of anilines is 1. The van der Waals surface area contributed by atoms with Crippen LogP contribution in [-0.4, -0.2) is 38.3 Å². The van der Waals surface area contributed by atoms with Crippen molar-refractivity contribution in [1.29, 1.82) is 0 Å². The van der Waals surface area contributed by atoms with Crippen LogP contribution in [0.15, 0.2) is 18.2 Å². The molecule has 1 saturated heterocycles. The lowest BCUT2D eigenvalue weighted by Crippen LogP contribution is -2.35. The van der Waals surface area contributed by atoms with Crippen LogP contribution in [0.25, 0.3) is 0 Å². The SMILES string of the molecule is CC(COc1cccc2c1CCC(=O)N2C)CC(=O)NC1CCCO1. The molecule has 3 rings (SSSR count). The summed E-state index contributed by atoms with van der Waals surface area (Å²) in [6, 6.07) is 5.78. The number of nitrogens with one attached hydrogen (secondary N) is 1. The maximum atomic E-state index is 12.0. The highest BCUT2D eigenvalue weighted by molar-refractivity contribution is 5.96. The van der Waals surface area contributed by atoms with Crippen LogP contribution in [0, 0.1) is 5.92 Å². The van der Waals surface area contributed by atoms with E-state index in [4.69, 9.17) is 9.47 Å². The highest BCUT2D eigenvalue weighted by Gasteiger charge is 2.24. The van der Waals surface area contributed by atoms with E-state index in [1.807, 2.05) is 25.1 Å². The molecule has 2 unspecified atom stereocenters. The lowest BCUT2D eigenvalue weighted by molar-refractivity contribution is -0.125. The fourth-order valence-corrected chi connectivity index (χ4v) is 3.33. The van der Waals surface area contributed by atoms with Crippen LogP contribution in [0.5, 0.6) is 5.75 Å². The Balaban J connectivity index is 1.53. The van der Waals surface area contributed by atoms with Gasteiger partial charge in [0, 0.05) is 32.1 Å². The number of rotatable bonds is 6. The first kappa shape index (κ1) is 17.7. The van der Waals surface area contributed by atoms with Gasteiger partial charge >= 0.3 is 0 Å². The second-order valence-electron chi connectivity index (χ2n) is 6.90. The number of carbonyl (C=O) groups excluding carboxylic acids is 2. The summed E-state index contributed by atoms with van der Waals surface area (Å²) < 4.78 is 11.4. The molecule has 1 N–H and O–H groups in total. The van der Waals surface area contributed by atoms with Crippen molar-refractivity contribution in [3.63, 3.8) is 0 Å². The number of carbonyl (C=O) groups is 2. The van der Waals surface area contributed by atoms with Gasteiger partial charge in [-0.05, 0) is 37.3 Å². The molecule has 2 atom stereocenters. The van der Waals surface area contributed by atoms with Gasteiger partial charge in [-0.3, -0.25) is 9.59 Å². The molecule has 1 aromatic rings. The number of amides is 2. The molecule has 6 heteroatoms. The molecule has 0 bridgehead atoms. The molecule has 0 radical (unpaired) electrons. The fraction of sp³-hybridized carbons (Fsp3) is 0.579. The first-order valence-electron chi connectivity index (χ1n) is 8.97. The average Bonchev–Trinajstić information content (AvgIpc) is 3.09. The molecule has 25 heavy (non-hydrogen) atoms. The van der Waals surface area contributed by atoms with Gasteiger partial charge in [0.1, 0.15) is 12.0 Å². The smallest absolute Gasteiger partial charge is 0.227 e. The third-order valence-electron chi connectivity index (χ3n) is 4.74. The molecular weight excluding hydrogens is 320 g/mol. The van der Waals surface area contributed by atoms with E-state index >= 15 is 0 Å². The van der Waals surface area contributed by atoms with E-state index in [0.717, 1.165) is 36.4 Å². The van der Waals surface area contributed by atoms with Crippen molar-refractivity contribution < 1.29 is 19.1 Å². The summed E-state index contributed by atoms with van der Waals surface area (Å²) in [5.41, 5.74) is 1.98. The topological polar surface area (TPSA) is 67.9 Å². The Hall–Kier alpha value is -2.08. The van der Waals surface area contributed by atoms with Gasteiger partial charge in [0.05, 0.1) is 12.3 Å². The molecule has 0 spiro atoms. The van der Waals surface area contributed by atoms with E-state index in [-0.39, 0.29) is 24.0 Å². The van der Waals surface area contributed by atoms with Crippen LogP contribution in [0.2, 0.25) is 0 Å². The van der Waals surface area contributed by atoms with Crippen LogP contribution in [0.4, 0.5) is 5.69 Å². The Bertz CT molecular complexity index is 640. The van der Waals surface area contributed by atoms with Crippen LogP contribution in [0.3, 0.4) is 0 Å². The lowest BCUT2D eigenvalue weighted by Gasteiger charge is -2.27. The zero-order chi connectivity index (χ0) is 17.8. The predicted molar refractivity (Wildman–Crippen MR) is 94.6 cm³/mol. The van der Waals surface area contributed by atoms with Crippen LogP contribution < -0.4 is 15.0 Å². The van der Waals surface area contributed by atoms with Crippen molar-refractivity contribution in [2.75, 3.05) is 25.2 Å². The summed E-state index contributed by atoms with van der Waals surface area (Å²) >= 11 is 0. The van der Waals surface area contributed by atoms with Crippen molar-refractivity contribution in [2.24, 2.45) is 5.92 Å². The molecule has 136 valence electrons. The Morgan fingerprint density at radius 1 is 1.44 bits per heavy atom. The van der Waals surface area contributed by atoms with Crippen molar-refractivity contribution in [3.05, 3.63) is 23.8 Å². The van der Waals surface area contributed by atoms with Crippen molar-refractivity contribution in [2.45, 2.75) is 45.3 Å². The molecule has 2 aliphatic rings. The van der Waals surface area contributed by atoms with Gasteiger partial charge in [-0.25, -0.2) is 0 Å². The molecule has 2 heterocycles. The quantitative estimate of drug-likeness (QED) is 0.858. The van der Waals surface area contributed by atoms with Crippen molar-refractivity contribution >= 4 is 17.5 Å². The van der Waals surface area contributed by atoms with Gasteiger partial charge in [-0.15, -0.1) is 0 Å². The van der Waals surface area contributed by atoms with Crippen molar-refractivity contribution in [3.8, 4) is 5.75 Å². The second-order valence-corrected chi connectivity index (χ2v) is 6.90. The minimum atomic E-state index is -0.130. The Labute approximate surface area is 148 Å². The maximum absolute atomic E-state index is 12.0. The van der Waals surface area contributed by atoms with Crippen LogP contribution in [-0.2, 0) is 20.7 Å². The van der Waals surface area contributed by atoms with Gasteiger partial charge in [0.15, 0.2) is 0 Å². The number of hydrogen-bond donors (Lipinski definition) is 1. The van der Waals surface area contributed by atoms with E-state index in [1.165, 1.54) is 0 Å².